The van der Waals surface area contributed by atoms with Crippen molar-refractivity contribution in [3.8, 4) is 23.4 Å². The molecule has 0 fully saturated rings. The molecule has 2 unspecified atom stereocenters. The van der Waals surface area contributed by atoms with Crippen molar-refractivity contribution < 1.29 is 19.1 Å². The molecule has 5 N–H and O–H groups in total. The summed E-state index contributed by atoms with van der Waals surface area (Å²) >= 11 is 0. The Hall–Kier alpha value is -4.67. The van der Waals surface area contributed by atoms with E-state index in [1.165, 1.54) is 4.90 Å². The molecule has 0 bridgehead atoms. The van der Waals surface area contributed by atoms with Gasteiger partial charge in [0.05, 0.1) is 0 Å². The summed E-state index contributed by atoms with van der Waals surface area (Å²) < 4.78 is 12.1. The van der Waals surface area contributed by atoms with E-state index >= 15 is 0 Å². The number of carbonyl (C=O) groups excluding carboxylic acids is 2. The molecule has 0 saturated heterocycles. The third-order valence-corrected chi connectivity index (χ3v) is 6.29. The monoisotopic (exact) mass is 517 g/mol. The number of amidine groups is 1. The average Bonchev–Trinajstić information content (AvgIpc) is 2.89. The van der Waals surface area contributed by atoms with Crippen LogP contribution in [0.15, 0.2) is 42.5 Å². The van der Waals surface area contributed by atoms with Crippen LogP contribution in [-0.4, -0.2) is 52.7 Å². The fourth-order valence-electron chi connectivity index (χ4n) is 3.85. The standard InChI is InChI=1S/C27H31N7O4/c1-6-14(2)20-24(35)31-21-23(30-20)32-27(37-18-9-7-8-17(12-18)26(36)34(4)5)33-25(21)38-19-13-16(22(28)29)11-10-15(19)3/h7-14,20H,6H2,1-5H3,(H3,28,29)(H,31,35)(H,30,32,33). The van der Waals surface area contributed by atoms with Crippen LogP contribution in [0.3, 0.4) is 0 Å². The maximum absolute atomic E-state index is 12.9. The smallest absolute Gasteiger partial charge is 0.327 e. The quantitative estimate of drug-likeness (QED) is 0.257. The number of amides is 2. The molecule has 2 atom stereocenters. The Kier molecular flexibility index (Phi) is 7.47. The largest absolute Gasteiger partial charge is 0.437 e. The number of aryl methyl sites for hydroxylation is 1. The minimum atomic E-state index is -0.507. The van der Waals surface area contributed by atoms with Crippen LogP contribution in [0.2, 0.25) is 0 Å². The minimum Gasteiger partial charge on any atom is -0.437 e. The zero-order valence-electron chi connectivity index (χ0n) is 22.0. The van der Waals surface area contributed by atoms with Gasteiger partial charge in [-0.3, -0.25) is 15.0 Å². The van der Waals surface area contributed by atoms with E-state index in [-0.39, 0.29) is 41.1 Å². The number of nitrogens with zero attached hydrogens (tertiary/aromatic N) is 3. The first-order chi connectivity index (χ1) is 18.1. The van der Waals surface area contributed by atoms with E-state index in [1.54, 1.807) is 56.6 Å². The molecule has 2 aromatic carbocycles. The van der Waals surface area contributed by atoms with E-state index in [2.05, 4.69) is 20.6 Å². The molecular weight excluding hydrogens is 486 g/mol. The first-order valence-corrected chi connectivity index (χ1v) is 12.2. The molecule has 1 aromatic heterocycles. The van der Waals surface area contributed by atoms with Crippen molar-refractivity contribution in [3.05, 3.63) is 59.2 Å². The van der Waals surface area contributed by atoms with E-state index < -0.39 is 6.04 Å². The van der Waals surface area contributed by atoms with Gasteiger partial charge in [0.25, 0.3) is 11.8 Å². The maximum atomic E-state index is 12.9. The van der Waals surface area contributed by atoms with Crippen LogP contribution < -0.4 is 25.8 Å². The number of nitrogens with one attached hydrogen (secondary N) is 3. The number of fused-ring (bicyclic) bond motifs is 1. The Labute approximate surface area is 220 Å². The summed E-state index contributed by atoms with van der Waals surface area (Å²) in [5.74, 6) is 0.689. The number of rotatable bonds is 8. The maximum Gasteiger partial charge on any atom is 0.327 e. The van der Waals surface area contributed by atoms with Crippen LogP contribution in [0.5, 0.6) is 23.4 Å². The third kappa shape index (κ3) is 5.51. The Morgan fingerprint density at radius 1 is 1.16 bits per heavy atom. The van der Waals surface area contributed by atoms with Crippen LogP contribution in [-0.2, 0) is 4.79 Å². The number of benzene rings is 2. The van der Waals surface area contributed by atoms with Gasteiger partial charge in [-0.1, -0.05) is 38.5 Å². The first-order valence-electron chi connectivity index (χ1n) is 12.2. The molecule has 11 nitrogen and oxygen atoms in total. The predicted octanol–water partition coefficient (Wildman–Crippen LogP) is 4.13. The van der Waals surface area contributed by atoms with Crippen LogP contribution in [0.4, 0.5) is 11.5 Å². The van der Waals surface area contributed by atoms with Crippen molar-refractivity contribution in [1.29, 1.82) is 5.41 Å². The van der Waals surface area contributed by atoms with Crippen molar-refractivity contribution in [2.24, 2.45) is 11.7 Å². The summed E-state index contributed by atoms with van der Waals surface area (Å²) in [6.45, 7) is 5.82. The molecule has 2 amide bonds. The molecule has 38 heavy (non-hydrogen) atoms. The van der Waals surface area contributed by atoms with Gasteiger partial charge in [0, 0.05) is 25.2 Å². The number of nitrogen functional groups attached to an aromatic ring is 1. The van der Waals surface area contributed by atoms with Gasteiger partial charge >= 0.3 is 6.01 Å². The highest BCUT2D eigenvalue weighted by Gasteiger charge is 2.33. The summed E-state index contributed by atoms with van der Waals surface area (Å²) in [4.78, 5) is 35.7. The highest BCUT2D eigenvalue weighted by Crippen LogP contribution is 2.40. The number of nitrogens with two attached hydrogens (primary N) is 1. The van der Waals surface area contributed by atoms with Crippen molar-refractivity contribution in [2.45, 2.75) is 33.2 Å². The number of hydrogen-bond acceptors (Lipinski definition) is 8. The van der Waals surface area contributed by atoms with Crippen molar-refractivity contribution >= 4 is 29.2 Å². The normalized spacial score (nSPS) is 15.0. The van der Waals surface area contributed by atoms with Gasteiger partial charge in [-0.05, 0) is 42.7 Å². The molecule has 0 saturated carbocycles. The second-order valence-corrected chi connectivity index (χ2v) is 9.36. The van der Waals surface area contributed by atoms with E-state index in [4.69, 9.17) is 20.6 Å². The Morgan fingerprint density at radius 2 is 1.92 bits per heavy atom. The lowest BCUT2D eigenvalue weighted by atomic mass is 9.97. The van der Waals surface area contributed by atoms with Crippen LogP contribution in [0.25, 0.3) is 0 Å². The summed E-state index contributed by atoms with van der Waals surface area (Å²) in [5, 5.41) is 13.8. The third-order valence-electron chi connectivity index (χ3n) is 6.29. The molecule has 3 aromatic rings. The summed E-state index contributed by atoms with van der Waals surface area (Å²) in [7, 11) is 3.34. The topological polar surface area (TPSA) is 156 Å². The Bertz CT molecular complexity index is 1410. The highest BCUT2D eigenvalue weighted by molar-refractivity contribution is 6.03. The van der Waals surface area contributed by atoms with Gasteiger partial charge in [0.1, 0.15) is 29.1 Å². The Morgan fingerprint density at radius 3 is 2.61 bits per heavy atom. The Balaban J connectivity index is 1.76. The van der Waals surface area contributed by atoms with Gasteiger partial charge in [0.15, 0.2) is 5.82 Å². The van der Waals surface area contributed by atoms with Gasteiger partial charge < -0.3 is 30.7 Å². The molecule has 0 aliphatic carbocycles. The molecular formula is C27H31N7O4. The molecule has 0 spiro atoms. The second kappa shape index (κ2) is 10.8. The fraction of sp³-hybridized carbons (Fsp3) is 0.296. The number of hydrogen-bond donors (Lipinski definition) is 4. The van der Waals surface area contributed by atoms with Gasteiger partial charge in [0.2, 0.25) is 5.91 Å². The molecule has 11 heteroatoms. The number of anilines is 2. The average molecular weight is 518 g/mol. The summed E-state index contributed by atoms with van der Waals surface area (Å²) in [6.07, 6.45) is 0.780. The lowest BCUT2D eigenvalue weighted by Crippen LogP contribution is -2.43. The second-order valence-electron chi connectivity index (χ2n) is 9.36. The lowest BCUT2D eigenvalue weighted by molar-refractivity contribution is -0.118. The zero-order valence-corrected chi connectivity index (χ0v) is 22.0. The molecule has 198 valence electrons. The molecule has 2 heterocycles. The van der Waals surface area contributed by atoms with Crippen LogP contribution in [0.1, 0.15) is 41.8 Å². The first kappa shape index (κ1) is 26.4. The van der Waals surface area contributed by atoms with E-state index in [0.29, 0.717) is 28.4 Å². The minimum absolute atomic E-state index is 0.0371. The van der Waals surface area contributed by atoms with Crippen LogP contribution in [0, 0.1) is 18.3 Å². The van der Waals surface area contributed by atoms with Crippen LogP contribution >= 0.6 is 0 Å². The zero-order chi connectivity index (χ0) is 27.6. The summed E-state index contributed by atoms with van der Waals surface area (Å²) in [6, 6.07) is 11.3. The molecule has 1 aliphatic heterocycles. The van der Waals surface area contributed by atoms with E-state index in [1.807, 2.05) is 20.8 Å². The van der Waals surface area contributed by atoms with Crippen molar-refractivity contribution in [1.82, 2.24) is 14.9 Å². The van der Waals surface area contributed by atoms with E-state index in [9.17, 15) is 9.59 Å². The molecule has 4 rings (SSSR count). The van der Waals surface area contributed by atoms with Gasteiger partial charge in [-0.25, -0.2) is 0 Å². The van der Waals surface area contributed by atoms with Gasteiger partial charge in [-0.2, -0.15) is 9.97 Å². The number of carbonyl (C=O) groups is 2. The molecule has 1 aliphatic rings. The number of ether oxygens (including phenoxy) is 2. The SMILES string of the molecule is CCC(C)C1Nc2nc(Oc3cccc(C(=O)N(C)C)c3)nc(Oc3cc(C(=N)N)ccc3C)c2NC1=O. The van der Waals surface area contributed by atoms with Crippen molar-refractivity contribution in [3.63, 3.8) is 0 Å². The molecule has 0 radical (unpaired) electrons. The lowest BCUT2D eigenvalue weighted by Gasteiger charge is -2.30. The predicted molar refractivity (Wildman–Crippen MR) is 144 cm³/mol. The highest BCUT2D eigenvalue weighted by atomic mass is 16.5. The van der Waals surface area contributed by atoms with E-state index in [0.717, 1.165) is 12.0 Å². The summed E-state index contributed by atoms with van der Waals surface area (Å²) in [5.41, 5.74) is 7.63. The van der Waals surface area contributed by atoms with Gasteiger partial charge in [-0.15, -0.1) is 0 Å². The van der Waals surface area contributed by atoms with Crippen molar-refractivity contribution in [2.75, 3.05) is 24.7 Å². The fourth-order valence-corrected chi connectivity index (χ4v) is 3.85. The number of aromatic nitrogens is 2.